The van der Waals surface area contributed by atoms with E-state index in [0.29, 0.717) is 39.4 Å². The lowest BCUT2D eigenvalue weighted by Gasteiger charge is -2.12. The van der Waals surface area contributed by atoms with Gasteiger partial charge in [-0.25, -0.2) is 13.9 Å². The monoisotopic (exact) mass is 538 g/mol. The summed E-state index contributed by atoms with van der Waals surface area (Å²) in [6, 6.07) is 13.2. The second-order valence-electron chi connectivity index (χ2n) is 8.83. The van der Waals surface area contributed by atoms with Crippen LogP contribution in [0, 0.1) is 19.7 Å². The smallest absolute Gasteiger partial charge is 0.433 e. The van der Waals surface area contributed by atoms with E-state index in [0.717, 1.165) is 17.8 Å². The molecule has 0 bridgehead atoms. The van der Waals surface area contributed by atoms with E-state index in [4.69, 9.17) is 4.74 Å². The van der Waals surface area contributed by atoms with Crippen molar-refractivity contribution in [2.45, 2.75) is 26.6 Å². The number of anilines is 1. The van der Waals surface area contributed by atoms with Gasteiger partial charge >= 0.3 is 6.18 Å². The van der Waals surface area contributed by atoms with Crippen LogP contribution in [0.5, 0.6) is 5.75 Å². The van der Waals surface area contributed by atoms with Crippen molar-refractivity contribution in [3.63, 3.8) is 0 Å². The summed E-state index contributed by atoms with van der Waals surface area (Å²) >= 11 is 0. The molecule has 0 aliphatic heterocycles. The number of nitrogens with one attached hydrogen (secondary N) is 1. The summed E-state index contributed by atoms with van der Waals surface area (Å²) < 4.78 is 62.5. The number of aryl methyl sites for hydroxylation is 1. The van der Waals surface area contributed by atoms with Crippen LogP contribution < -0.4 is 10.1 Å². The van der Waals surface area contributed by atoms with E-state index in [2.05, 4.69) is 20.5 Å². The van der Waals surface area contributed by atoms with Gasteiger partial charge in [0, 0.05) is 5.56 Å². The Morgan fingerprint density at radius 3 is 2.38 bits per heavy atom. The molecule has 0 aliphatic rings. The molecular weight excluding hydrogens is 516 g/mol. The minimum absolute atomic E-state index is 0.0199. The summed E-state index contributed by atoms with van der Waals surface area (Å²) in [4.78, 5) is 17.7. The van der Waals surface area contributed by atoms with Crippen LogP contribution in [0.15, 0.2) is 60.8 Å². The molecule has 3 heterocycles. The Bertz CT molecular complexity index is 1670. The lowest BCUT2D eigenvalue weighted by Crippen LogP contribution is -2.16. The standard InChI is InChI=1S/C27H22F4N6O2/c1-15-24(16(2)36(35-15)14-17-4-8-19(28)9-5-17)34-26(38)21-13-32-37-23(27(29,30)31)12-22(33-25(21)37)18-6-10-20(39-3)11-7-18/h4-13H,14H2,1-3H3,(H,34,38). The molecule has 1 amide bonds. The van der Waals surface area contributed by atoms with Crippen LogP contribution in [0.4, 0.5) is 23.2 Å². The average Bonchev–Trinajstić information content (AvgIpc) is 3.45. The molecule has 0 fully saturated rings. The molecule has 5 rings (SSSR count). The maximum atomic E-state index is 14.0. The van der Waals surface area contributed by atoms with Gasteiger partial charge < -0.3 is 10.1 Å². The summed E-state index contributed by atoms with van der Waals surface area (Å²) in [6.45, 7) is 3.78. The van der Waals surface area contributed by atoms with Crippen LogP contribution >= 0.6 is 0 Å². The van der Waals surface area contributed by atoms with E-state index >= 15 is 0 Å². The first-order chi connectivity index (χ1) is 18.5. The minimum atomic E-state index is -4.75. The van der Waals surface area contributed by atoms with Crippen LogP contribution in [0.25, 0.3) is 16.9 Å². The lowest BCUT2D eigenvalue weighted by atomic mass is 10.1. The first-order valence-corrected chi connectivity index (χ1v) is 11.8. The van der Waals surface area contributed by atoms with Gasteiger partial charge in [0.25, 0.3) is 5.91 Å². The van der Waals surface area contributed by atoms with E-state index in [1.165, 1.54) is 19.2 Å². The minimum Gasteiger partial charge on any atom is -0.497 e. The number of carbonyl (C=O) groups excluding carboxylic acids is 1. The quantitative estimate of drug-likeness (QED) is 0.281. The molecule has 0 saturated carbocycles. The largest absolute Gasteiger partial charge is 0.497 e. The number of halogens is 4. The molecule has 2 aromatic carbocycles. The number of alkyl halides is 3. The lowest BCUT2D eigenvalue weighted by molar-refractivity contribution is -0.142. The molecule has 0 atom stereocenters. The molecule has 0 saturated heterocycles. The number of methoxy groups -OCH3 is 1. The van der Waals surface area contributed by atoms with Gasteiger partial charge in [-0.05, 0) is 61.9 Å². The average molecular weight is 539 g/mol. The number of aromatic nitrogens is 5. The van der Waals surface area contributed by atoms with E-state index < -0.39 is 17.8 Å². The molecule has 0 aliphatic carbocycles. The van der Waals surface area contributed by atoms with E-state index in [-0.39, 0.29) is 22.7 Å². The zero-order valence-corrected chi connectivity index (χ0v) is 21.0. The van der Waals surface area contributed by atoms with Gasteiger partial charge in [-0.15, -0.1) is 0 Å². The van der Waals surface area contributed by atoms with Gasteiger partial charge in [0.1, 0.15) is 17.1 Å². The van der Waals surface area contributed by atoms with Crippen LogP contribution in [0.2, 0.25) is 0 Å². The first kappa shape index (κ1) is 25.9. The number of nitrogens with zero attached hydrogens (tertiary/aromatic N) is 5. The summed E-state index contributed by atoms with van der Waals surface area (Å²) in [6.07, 6.45) is -3.70. The number of benzene rings is 2. The number of amides is 1. The molecule has 0 radical (unpaired) electrons. The number of fused-ring (bicyclic) bond motifs is 1. The Balaban J connectivity index is 1.51. The fraction of sp³-hybridized carbons (Fsp3) is 0.185. The van der Waals surface area contributed by atoms with E-state index in [1.54, 1.807) is 54.9 Å². The number of hydrogen-bond donors (Lipinski definition) is 1. The Morgan fingerprint density at radius 2 is 1.74 bits per heavy atom. The van der Waals surface area contributed by atoms with Gasteiger partial charge in [0.15, 0.2) is 11.3 Å². The van der Waals surface area contributed by atoms with Gasteiger partial charge in [0.2, 0.25) is 0 Å². The fourth-order valence-corrected chi connectivity index (χ4v) is 4.21. The second kappa shape index (κ2) is 9.86. The highest BCUT2D eigenvalue weighted by molar-refractivity contribution is 6.08. The maximum absolute atomic E-state index is 14.0. The normalized spacial score (nSPS) is 11.7. The molecular formula is C27H22F4N6O2. The number of ether oxygens (including phenoxy) is 1. The van der Waals surface area contributed by atoms with Crippen molar-refractivity contribution in [3.8, 4) is 17.0 Å². The number of carbonyl (C=O) groups is 1. The van der Waals surface area contributed by atoms with Crippen LogP contribution in [-0.4, -0.2) is 37.4 Å². The Hall–Kier alpha value is -4.74. The van der Waals surface area contributed by atoms with Gasteiger partial charge in [0.05, 0.1) is 42.6 Å². The molecule has 0 unspecified atom stereocenters. The van der Waals surface area contributed by atoms with Gasteiger partial charge in [-0.3, -0.25) is 9.48 Å². The van der Waals surface area contributed by atoms with E-state index in [9.17, 15) is 22.4 Å². The summed E-state index contributed by atoms with van der Waals surface area (Å²) in [5.41, 5.74) is 1.30. The molecule has 200 valence electrons. The van der Waals surface area contributed by atoms with Crippen molar-refractivity contribution in [2.24, 2.45) is 0 Å². The third kappa shape index (κ3) is 5.05. The summed E-state index contributed by atoms with van der Waals surface area (Å²) in [7, 11) is 1.48. The third-order valence-corrected chi connectivity index (χ3v) is 6.26. The van der Waals surface area contributed by atoms with Crippen molar-refractivity contribution in [1.82, 2.24) is 24.4 Å². The SMILES string of the molecule is COc1ccc(-c2cc(C(F)(F)F)n3ncc(C(=O)Nc4c(C)nn(Cc5ccc(F)cc5)c4C)c3n2)cc1. The molecule has 5 aromatic rings. The zero-order chi connectivity index (χ0) is 27.9. The van der Waals surface area contributed by atoms with Crippen LogP contribution in [0.1, 0.15) is 33.0 Å². The Kier molecular flexibility index (Phi) is 6.54. The highest BCUT2D eigenvalue weighted by Crippen LogP contribution is 2.33. The number of hydrogen-bond acceptors (Lipinski definition) is 5. The van der Waals surface area contributed by atoms with Gasteiger partial charge in [-0.1, -0.05) is 12.1 Å². The van der Waals surface area contributed by atoms with Crippen molar-refractivity contribution >= 4 is 17.2 Å². The van der Waals surface area contributed by atoms with Crippen LogP contribution in [-0.2, 0) is 12.7 Å². The number of rotatable bonds is 6. The molecule has 1 N–H and O–H groups in total. The first-order valence-electron chi connectivity index (χ1n) is 11.8. The molecule has 0 spiro atoms. The topological polar surface area (TPSA) is 86.3 Å². The van der Waals surface area contributed by atoms with Crippen molar-refractivity contribution in [2.75, 3.05) is 12.4 Å². The maximum Gasteiger partial charge on any atom is 0.433 e. The Labute approximate surface area is 219 Å². The Morgan fingerprint density at radius 1 is 1.05 bits per heavy atom. The highest BCUT2D eigenvalue weighted by Gasteiger charge is 2.36. The fourth-order valence-electron chi connectivity index (χ4n) is 4.21. The van der Waals surface area contributed by atoms with Crippen molar-refractivity contribution in [1.29, 1.82) is 0 Å². The highest BCUT2D eigenvalue weighted by atomic mass is 19.4. The second-order valence-corrected chi connectivity index (χ2v) is 8.83. The molecule has 3 aromatic heterocycles. The predicted octanol–water partition coefficient (Wildman–Crippen LogP) is 5.68. The third-order valence-electron chi connectivity index (χ3n) is 6.26. The van der Waals surface area contributed by atoms with Gasteiger partial charge in [-0.2, -0.15) is 23.4 Å². The zero-order valence-electron chi connectivity index (χ0n) is 21.0. The van der Waals surface area contributed by atoms with Crippen LogP contribution in [0.3, 0.4) is 0 Å². The van der Waals surface area contributed by atoms with E-state index in [1.807, 2.05) is 0 Å². The van der Waals surface area contributed by atoms with Crippen molar-refractivity contribution < 1.29 is 27.1 Å². The molecule has 39 heavy (non-hydrogen) atoms. The molecule has 8 nitrogen and oxygen atoms in total. The van der Waals surface area contributed by atoms with Crippen molar-refractivity contribution in [3.05, 3.63) is 94.8 Å². The summed E-state index contributed by atoms with van der Waals surface area (Å²) in [5.74, 6) is -0.512. The summed E-state index contributed by atoms with van der Waals surface area (Å²) in [5, 5.41) is 11.0. The molecule has 12 heteroatoms. The predicted molar refractivity (Wildman–Crippen MR) is 135 cm³/mol.